The van der Waals surface area contributed by atoms with Crippen molar-refractivity contribution < 1.29 is 26.4 Å². The maximum absolute atomic E-state index is 12.2. The van der Waals surface area contributed by atoms with E-state index in [0.29, 0.717) is 11.4 Å². The summed E-state index contributed by atoms with van der Waals surface area (Å²) in [4.78, 5) is 12.0. The Balaban J connectivity index is 1.97. The molecule has 0 saturated carbocycles. The Morgan fingerprint density at radius 3 is 1.93 bits per heavy atom. The molecule has 2 rings (SSSR count). The van der Waals surface area contributed by atoms with Crippen molar-refractivity contribution in [2.24, 2.45) is 0 Å². The SMILES string of the molecule is CNS(=O)(=O)c1ccc(NC(=O)CNS(=O)(=O)c2ccc(OC)cc2)cc1. The van der Waals surface area contributed by atoms with Crippen molar-refractivity contribution in [1.29, 1.82) is 0 Å². The van der Waals surface area contributed by atoms with Crippen LogP contribution in [0.15, 0.2) is 58.3 Å². The number of carbonyl (C=O) groups is 1. The van der Waals surface area contributed by atoms with Crippen LogP contribution in [0.1, 0.15) is 0 Å². The molecule has 0 aromatic heterocycles. The highest BCUT2D eigenvalue weighted by molar-refractivity contribution is 7.89. The van der Waals surface area contributed by atoms with Crippen LogP contribution >= 0.6 is 0 Å². The number of methoxy groups -OCH3 is 1. The number of hydrogen-bond donors (Lipinski definition) is 3. The molecule has 0 radical (unpaired) electrons. The third-order valence-electron chi connectivity index (χ3n) is 3.51. The van der Waals surface area contributed by atoms with Crippen molar-refractivity contribution >= 4 is 31.6 Å². The minimum Gasteiger partial charge on any atom is -0.497 e. The highest BCUT2D eigenvalue weighted by atomic mass is 32.2. The molecular weight excluding hydrogens is 394 g/mol. The summed E-state index contributed by atoms with van der Waals surface area (Å²) >= 11 is 0. The molecular formula is C16H19N3O6S2. The van der Waals surface area contributed by atoms with Crippen LogP contribution < -0.4 is 19.5 Å². The molecule has 146 valence electrons. The Morgan fingerprint density at radius 1 is 0.889 bits per heavy atom. The molecule has 0 spiro atoms. The number of ether oxygens (including phenoxy) is 1. The molecule has 9 nitrogen and oxygen atoms in total. The van der Waals surface area contributed by atoms with Gasteiger partial charge in [0.15, 0.2) is 0 Å². The Hall–Kier alpha value is -2.47. The maximum atomic E-state index is 12.2. The van der Waals surface area contributed by atoms with Crippen molar-refractivity contribution in [3.05, 3.63) is 48.5 Å². The Labute approximate surface area is 157 Å². The number of rotatable bonds is 8. The van der Waals surface area contributed by atoms with Crippen LogP contribution in [0.3, 0.4) is 0 Å². The monoisotopic (exact) mass is 413 g/mol. The fourth-order valence-electron chi connectivity index (χ4n) is 2.04. The lowest BCUT2D eigenvalue weighted by atomic mass is 10.3. The van der Waals surface area contributed by atoms with Crippen molar-refractivity contribution in [3.63, 3.8) is 0 Å². The zero-order chi connectivity index (χ0) is 20.1. The van der Waals surface area contributed by atoms with Gasteiger partial charge < -0.3 is 10.1 Å². The molecule has 2 aromatic rings. The van der Waals surface area contributed by atoms with Crippen molar-refractivity contribution in [3.8, 4) is 5.75 Å². The van der Waals surface area contributed by atoms with E-state index in [1.54, 1.807) is 0 Å². The summed E-state index contributed by atoms with van der Waals surface area (Å²) in [5.41, 5.74) is 0.332. The van der Waals surface area contributed by atoms with Gasteiger partial charge in [0.25, 0.3) is 0 Å². The molecule has 0 fully saturated rings. The van der Waals surface area contributed by atoms with E-state index < -0.39 is 32.5 Å². The Morgan fingerprint density at radius 2 is 1.41 bits per heavy atom. The summed E-state index contributed by atoms with van der Waals surface area (Å²) in [7, 11) is -4.67. The van der Waals surface area contributed by atoms with Crippen LogP contribution in [0.5, 0.6) is 5.75 Å². The second-order valence-electron chi connectivity index (χ2n) is 5.28. The molecule has 0 saturated heterocycles. The molecule has 0 aliphatic heterocycles. The fraction of sp³-hybridized carbons (Fsp3) is 0.188. The summed E-state index contributed by atoms with van der Waals surface area (Å²) < 4.78 is 57.0. The Kier molecular flexibility index (Phi) is 6.54. The molecule has 0 bridgehead atoms. The van der Waals surface area contributed by atoms with E-state index in [1.165, 1.54) is 62.7 Å². The van der Waals surface area contributed by atoms with E-state index >= 15 is 0 Å². The van der Waals surface area contributed by atoms with Gasteiger partial charge in [-0.1, -0.05) is 0 Å². The molecule has 27 heavy (non-hydrogen) atoms. The lowest BCUT2D eigenvalue weighted by molar-refractivity contribution is -0.115. The van der Waals surface area contributed by atoms with E-state index in [2.05, 4.69) is 14.8 Å². The molecule has 0 heterocycles. The first kappa shape index (κ1) is 20.8. The summed E-state index contributed by atoms with van der Waals surface area (Å²) in [6, 6.07) is 11.2. The number of hydrogen-bond acceptors (Lipinski definition) is 6. The van der Waals surface area contributed by atoms with Crippen LogP contribution in [0.2, 0.25) is 0 Å². The predicted molar refractivity (Wildman–Crippen MR) is 99.5 cm³/mol. The molecule has 3 N–H and O–H groups in total. The highest BCUT2D eigenvalue weighted by Crippen LogP contribution is 2.16. The van der Waals surface area contributed by atoms with Gasteiger partial charge in [0.1, 0.15) is 5.75 Å². The van der Waals surface area contributed by atoms with Crippen LogP contribution in [0.4, 0.5) is 5.69 Å². The average molecular weight is 413 g/mol. The van der Waals surface area contributed by atoms with Gasteiger partial charge in [-0.15, -0.1) is 0 Å². The topological polar surface area (TPSA) is 131 Å². The number of carbonyl (C=O) groups excluding carboxylic acids is 1. The average Bonchev–Trinajstić information content (AvgIpc) is 2.67. The second-order valence-corrected chi connectivity index (χ2v) is 8.93. The van der Waals surface area contributed by atoms with Gasteiger partial charge in [-0.25, -0.2) is 26.3 Å². The predicted octanol–water partition coefficient (Wildman–Crippen LogP) is 0.520. The summed E-state index contributed by atoms with van der Waals surface area (Å²) in [6.07, 6.45) is 0. The molecule has 0 unspecified atom stereocenters. The van der Waals surface area contributed by atoms with Crippen LogP contribution in [0, 0.1) is 0 Å². The van der Waals surface area contributed by atoms with Gasteiger partial charge in [-0.2, -0.15) is 0 Å². The standard InChI is InChI=1S/C16H19N3O6S2/c1-17-26(21,22)14-7-3-12(4-8-14)19-16(20)11-18-27(23,24)15-9-5-13(25-2)6-10-15/h3-10,17-18H,11H2,1-2H3,(H,19,20). The number of benzene rings is 2. The maximum Gasteiger partial charge on any atom is 0.241 e. The van der Waals surface area contributed by atoms with Crippen LogP contribution in [0.25, 0.3) is 0 Å². The summed E-state index contributed by atoms with van der Waals surface area (Å²) in [5.74, 6) is -0.0910. The fourth-order valence-corrected chi connectivity index (χ4v) is 3.75. The van der Waals surface area contributed by atoms with Crippen molar-refractivity contribution in [2.45, 2.75) is 9.79 Å². The number of anilines is 1. The van der Waals surface area contributed by atoms with Gasteiger partial charge in [-0.3, -0.25) is 4.79 Å². The van der Waals surface area contributed by atoms with E-state index in [0.717, 1.165) is 0 Å². The molecule has 0 atom stereocenters. The third-order valence-corrected chi connectivity index (χ3v) is 6.36. The molecule has 0 aliphatic carbocycles. The number of amides is 1. The van der Waals surface area contributed by atoms with E-state index in [4.69, 9.17) is 4.74 Å². The first-order valence-corrected chi connectivity index (χ1v) is 10.6. The van der Waals surface area contributed by atoms with Crippen LogP contribution in [-0.2, 0) is 24.8 Å². The van der Waals surface area contributed by atoms with Crippen molar-refractivity contribution in [1.82, 2.24) is 9.44 Å². The third kappa shape index (κ3) is 5.50. The van der Waals surface area contributed by atoms with Crippen molar-refractivity contribution in [2.75, 3.05) is 26.0 Å². The normalized spacial score (nSPS) is 11.8. The van der Waals surface area contributed by atoms with E-state index in [9.17, 15) is 21.6 Å². The van der Waals surface area contributed by atoms with Gasteiger partial charge in [0.05, 0.1) is 23.4 Å². The summed E-state index contributed by atoms with van der Waals surface area (Å²) in [6.45, 7) is -0.481. The minimum absolute atomic E-state index is 0.00211. The Bertz CT molecular complexity index is 1000. The first-order chi connectivity index (χ1) is 12.7. The largest absolute Gasteiger partial charge is 0.497 e. The number of nitrogens with one attached hydrogen (secondary N) is 3. The molecule has 1 amide bonds. The zero-order valence-electron chi connectivity index (χ0n) is 14.6. The highest BCUT2D eigenvalue weighted by Gasteiger charge is 2.16. The van der Waals surface area contributed by atoms with Crippen LogP contribution in [-0.4, -0.2) is 43.4 Å². The quantitative estimate of drug-likeness (QED) is 0.578. The second kappa shape index (κ2) is 8.48. The molecule has 0 aliphatic rings. The lowest BCUT2D eigenvalue weighted by Crippen LogP contribution is -2.32. The zero-order valence-corrected chi connectivity index (χ0v) is 16.2. The van der Waals surface area contributed by atoms with Gasteiger partial charge in [-0.05, 0) is 55.6 Å². The lowest BCUT2D eigenvalue weighted by Gasteiger charge is -2.09. The van der Waals surface area contributed by atoms with Gasteiger partial charge in [0.2, 0.25) is 26.0 Å². The van der Waals surface area contributed by atoms with Gasteiger partial charge >= 0.3 is 0 Å². The molecule has 2 aromatic carbocycles. The summed E-state index contributed by atoms with van der Waals surface area (Å²) in [5, 5.41) is 2.48. The molecule has 11 heteroatoms. The van der Waals surface area contributed by atoms with E-state index in [1.807, 2.05) is 0 Å². The smallest absolute Gasteiger partial charge is 0.241 e. The number of sulfonamides is 2. The minimum atomic E-state index is -3.86. The van der Waals surface area contributed by atoms with E-state index in [-0.39, 0.29) is 9.79 Å². The first-order valence-electron chi connectivity index (χ1n) is 7.65. The van der Waals surface area contributed by atoms with Gasteiger partial charge in [0, 0.05) is 5.69 Å².